The lowest BCUT2D eigenvalue weighted by Gasteiger charge is -2.27. The smallest absolute Gasteiger partial charge is 0.301 e. The number of anilines is 1. The molecule has 0 saturated carbocycles. The molecule has 0 aliphatic carbocycles. The van der Waals surface area contributed by atoms with Crippen LogP contribution in [0, 0.1) is 10.1 Å². The Hall–Kier alpha value is -2.90. The third kappa shape index (κ3) is 2.49. The molecular formula is C16H18N4O4. The molecule has 0 unspecified atom stereocenters. The summed E-state index contributed by atoms with van der Waals surface area (Å²) in [7, 11) is 1.53. The minimum absolute atomic E-state index is 0.0205. The van der Waals surface area contributed by atoms with E-state index in [1.54, 1.807) is 35.1 Å². The van der Waals surface area contributed by atoms with Crippen LogP contribution in [0.3, 0.4) is 0 Å². The van der Waals surface area contributed by atoms with Crippen molar-refractivity contribution in [3.63, 3.8) is 0 Å². The second-order valence-corrected chi connectivity index (χ2v) is 5.96. The van der Waals surface area contributed by atoms with Gasteiger partial charge in [0, 0.05) is 16.5 Å². The Kier molecular flexibility index (Phi) is 3.96. The SMILES string of the molecule is COc1cccc([C@@H]2c3cnn(C(C)C)c3NC(=O)[C@@H]2[N+](=O)[O-])c1. The first-order chi connectivity index (χ1) is 11.4. The summed E-state index contributed by atoms with van der Waals surface area (Å²) in [6.07, 6.45) is 1.59. The largest absolute Gasteiger partial charge is 0.497 e. The van der Waals surface area contributed by atoms with Crippen LogP contribution in [0.5, 0.6) is 5.75 Å². The van der Waals surface area contributed by atoms with Crippen molar-refractivity contribution in [1.82, 2.24) is 9.78 Å². The fraction of sp³-hybridized carbons (Fsp3) is 0.375. The van der Waals surface area contributed by atoms with Crippen molar-refractivity contribution in [2.45, 2.75) is 31.8 Å². The Balaban J connectivity index is 2.19. The lowest BCUT2D eigenvalue weighted by atomic mass is 9.83. The van der Waals surface area contributed by atoms with Crippen LogP contribution in [-0.2, 0) is 4.79 Å². The summed E-state index contributed by atoms with van der Waals surface area (Å²) in [6, 6.07) is 5.60. The molecule has 1 amide bonds. The van der Waals surface area contributed by atoms with Gasteiger partial charge < -0.3 is 10.1 Å². The average molecular weight is 330 g/mol. The lowest BCUT2D eigenvalue weighted by molar-refractivity contribution is -0.509. The summed E-state index contributed by atoms with van der Waals surface area (Å²) in [5.41, 5.74) is 1.29. The molecule has 0 bridgehead atoms. The minimum atomic E-state index is -1.41. The van der Waals surface area contributed by atoms with E-state index < -0.39 is 22.8 Å². The van der Waals surface area contributed by atoms with Gasteiger partial charge in [-0.25, -0.2) is 4.68 Å². The molecule has 1 N–H and O–H groups in total. The number of fused-ring (bicyclic) bond motifs is 1. The quantitative estimate of drug-likeness (QED) is 0.684. The van der Waals surface area contributed by atoms with Crippen molar-refractivity contribution < 1.29 is 14.5 Å². The van der Waals surface area contributed by atoms with E-state index in [9.17, 15) is 14.9 Å². The maximum atomic E-state index is 12.4. The van der Waals surface area contributed by atoms with Gasteiger partial charge in [0.15, 0.2) is 0 Å². The molecule has 126 valence electrons. The maximum absolute atomic E-state index is 12.4. The van der Waals surface area contributed by atoms with Crippen LogP contribution in [-0.4, -0.2) is 33.8 Å². The highest BCUT2D eigenvalue weighted by Gasteiger charge is 2.47. The zero-order chi connectivity index (χ0) is 17.4. The van der Waals surface area contributed by atoms with E-state index in [-0.39, 0.29) is 6.04 Å². The van der Waals surface area contributed by atoms with Gasteiger partial charge in [0.25, 0.3) is 0 Å². The van der Waals surface area contributed by atoms with Crippen LogP contribution in [0.25, 0.3) is 0 Å². The predicted molar refractivity (Wildman–Crippen MR) is 86.9 cm³/mol. The van der Waals surface area contributed by atoms with E-state index in [0.717, 1.165) is 0 Å². The van der Waals surface area contributed by atoms with Crippen LogP contribution in [0.15, 0.2) is 30.5 Å². The molecule has 0 radical (unpaired) electrons. The number of methoxy groups -OCH3 is 1. The molecule has 1 aliphatic rings. The Morgan fingerprint density at radius 3 is 2.79 bits per heavy atom. The van der Waals surface area contributed by atoms with Crippen molar-refractivity contribution in [3.05, 3.63) is 51.7 Å². The summed E-state index contributed by atoms with van der Waals surface area (Å²) >= 11 is 0. The van der Waals surface area contributed by atoms with Gasteiger partial charge >= 0.3 is 11.9 Å². The first kappa shape index (κ1) is 16.0. The third-order valence-electron chi connectivity index (χ3n) is 4.15. The second kappa shape index (κ2) is 5.95. The number of benzene rings is 1. The van der Waals surface area contributed by atoms with Gasteiger partial charge in [0.2, 0.25) is 0 Å². The van der Waals surface area contributed by atoms with Gasteiger partial charge in [0.05, 0.1) is 19.2 Å². The molecule has 3 rings (SSSR count). The number of hydrogen-bond donors (Lipinski definition) is 1. The average Bonchev–Trinajstić information content (AvgIpc) is 2.96. The Morgan fingerprint density at radius 2 is 2.17 bits per heavy atom. The number of carbonyl (C=O) groups excluding carboxylic acids is 1. The van der Waals surface area contributed by atoms with Crippen molar-refractivity contribution in [2.75, 3.05) is 12.4 Å². The van der Waals surface area contributed by atoms with Gasteiger partial charge in [-0.05, 0) is 31.5 Å². The van der Waals surface area contributed by atoms with E-state index in [1.807, 2.05) is 13.8 Å². The van der Waals surface area contributed by atoms with Crippen LogP contribution in [0.4, 0.5) is 5.82 Å². The van der Waals surface area contributed by atoms with E-state index in [2.05, 4.69) is 10.4 Å². The van der Waals surface area contributed by atoms with Gasteiger partial charge in [-0.3, -0.25) is 14.9 Å². The molecule has 1 aromatic carbocycles. The zero-order valence-corrected chi connectivity index (χ0v) is 13.6. The standard InChI is InChI=1S/C16H18N4O4/c1-9(2)19-15-12(8-17-19)13(14(20(22)23)16(21)18-15)10-5-4-6-11(7-10)24-3/h4-9,13-14H,1-3H3,(H,18,21)/t13-,14-/m1/s1. The molecule has 2 atom stereocenters. The summed E-state index contributed by atoms with van der Waals surface area (Å²) in [5.74, 6) is -0.256. The van der Waals surface area contributed by atoms with E-state index in [1.165, 1.54) is 7.11 Å². The summed E-state index contributed by atoms with van der Waals surface area (Å²) in [5, 5.41) is 18.5. The number of rotatable bonds is 4. The maximum Gasteiger partial charge on any atom is 0.301 e. The molecule has 2 heterocycles. The van der Waals surface area contributed by atoms with E-state index >= 15 is 0 Å². The fourth-order valence-corrected chi connectivity index (χ4v) is 3.05. The highest BCUT2D eigenvalue weighted by atomic mass is 16.6. The Labute approximate surface area is 138 Å². The molecule has 8 heteroatoms. The normalized spacial score (nSPS) is 19.8. The van der Waals surface area contributed by atoms with Gasteiger partial charge in [-0.2, -0.15) is 5.10 Å². The number of ether oxygens (including phenoxy) is 1. The molecular weight excluding hydrogens is 312 g/mol. The highest BCUT2D eigenvalue weighted by Crippen LogP contribution is 2.40. The molecule has 8 nitrogen and oxygen atoms in total. The number of hydrogen-bond acceptors (Lipinski definition) is 5. The number of nitrogens with one attached hydrogen (secondary N) is 1. The molecule has 1 aromatic heterocycles. The van der Waals surface area contributed by atoms with Crippen molar-refractivity contribution in [1.29, 1.82) is 0 Å². The second-order valence-electron chi connectivity index (χ2n) is 5.96. The Morgan fingerprint density at radius 1 is 1.42 bits per heavy atom. The first-order valence-electron chi connectivity index (χ1n) is 7.59. The van der Waals surface area contributed by atoms with Gasteiger partial charge in [-0.15, -0.1) is 0 Å². The zero-order valence-electron chi connectivity index (χ0n) is 13.6. The van der Waals surface area contributed by atoms with Crippen LogP contribution < -0.4 is 10.1 Å². The topological polar surface area (TPSA) is 99.3 Å². The number of amides is 1. The van der Waals surface area contributed by atoms with E-state index in [0.29, 0.717) is 22.7 Å². The number of nitro groups is 1. The van der Waals surface area contributed by atoms with Crippen molar-refractivity contribution in [2.24, 2.45) is 0 Å². The predicted octanol–water partition coefficient (Wildman–Crippen LogP) is 2.20. The first-order valence-corrected chi connectivity index (χ1v) is 7.59. The van der Waals surface area contributed by atoms with Crippen LogP contribution in [0.1, 0.15) is 36.9 Å². The molecule has 1 aliphatic heterocycles. The highest BCUT2D eigenvalue weighted by molar-refractivity contribution is 5.97. The number of aromatic nitrogens is 2. The van der Waals surface area contributed by atoms with Gasteiger partial charge in [-0.1, -0.05) is 12.1 Å². The molecule has 24 heavy (non-hydrogen) atoms. The van der Waals surface area contributed by atoms with Crippen molar-refractivity contribution in [3.8, 4) is 5.75 Å². The molecule has 0 saturated heterocycles. The minimum Gasteiger partial charge on any atom is -0.497 e. The summed E-state index contributed by atoms with van der Waals surface area (Å²) < 4.78 is 6.87. The van der Waals surface area contributed by atoms with Crippen LogP contribution in [0.2, 0.25) is 0 Å². The number of carbonyl (C=O) groups is 1. The Bertz CT molecular complexity index is 799. The third-order valence-corrected chi connectivity index (χ3v) is 4.15. The molecule has 0 spiro atoms. The molecule has 2 aromatic rings. The van der Waals surface area contributed by atoms with E-state index in [4.69, 9.17) is 4.74 Å². The lowest BCUT2D eigenvalue weighted by Crippen LogP contribution is -2.44. The number of nitrogens with zero attached hydrogens (tertiary/aromatic N) is 3. The van der Waals surface area contributed by atoms with Crippen molar-refractivity contribution >= 4 is 11.7 Å². The summed E-state index contributed by atoms with van der Waals surface area (Å²) in [4.78, 5) is 23.4. The van der Waals surface area contributed by atoms with Crippen LogP contribution >= 0.6 is 0 Å². The summed E-state index contributed by atoms with van der Waals surface area (Å²) in [6.45, 7) is 3.86. The van der Waals surface area contributed by atoms with Gasteiger partial charge in [0.1, 0.15) is 11.6 Å². The molecule has 0 fully saturated rings. The monoisotopic (exact) mass is 330 g/mol. The fourth-order valence-electron chi connectivity index (χ4n) is 3.05.